The number of ether oxygens (including phenoxy) is 1. The van der Waals surface area contributed by atoms with Crippen molar-refractivity contribution in [3.05, 3.63) is 35.4 Å². The average molecular weight is 253 g/mol. The first-order valence-electron chi connectivity index (χ1n) is 6.51. The molecule has 18 heavy (non-hydrogen) atoms. The number of morpholine rings is 1. The fourth-order valence-corrected chi connectivity index (χ4v) is 3.06. The van der Waals surface area contributed by atoms with E-state index in [4.69, 9.17) is 4.74 Å². The van der Waals surface area contributed by atoms with Gasteiger partial charge in [-0.3, -0.25) is 0 Å². The molecule has 1 heterocycles. The van der Waals surface area contributed by atoms with Crippen molar-refractivity contribution in [2.75, 3.05) is 13.2 Å². The van der Waals surface area contributed by atoms with Gasteiger partial charge in [-0.15, -0.1) is 0 Å². The maximum atomic E-state index is 13.7. The van der Waals surface area contributed by atoms with Crippen molar-refractivity contribution in [3.8, 4) is 0 Å². The second kappa shape index (κ2) is 4.59. The summed E-state index contributed by atoms with van der Waals surface area (Å²) in [7, 11) is 0. The standard InChI is InChI=1S/C14H17F2NO/c15-10-4-3-5-11(16)13(10)12-8-17-14(9-18-12)6-1-2-7-14/h3-5,12,17H,1-2,6-9H2. The highest BCUT2D eigenvalue weighted by Crippen LogP contribution is 2.36. The van der Waals surface area contributed by atoms with Crippen LogP contribution in [0.1, 0.15) is 37.4 Å². The summed E-state index contributed by atoms with van der Waals surface area (Å²) in [5, 5.41) is 3.44. The van der Waals surface area contributed by atoms with Crippen LogP contribution in [0.25, 0.3) is 0 Å². The molecular weight excluding hydrogens is 236 g/mol. The highest BCUT2D eigenvalue weighted by atomic mass is 19.1. The Bertz CT molecular complexity index is 413. The number of hydrogen-bond donors (Lipinski definition) is 1. The molecule has 0 amide bonds. The number of nitrogens with one attached hydrogen (secondary N) is 1. The van der Waals surface area contributed by atoms with Crippen molar-refractivity contribution in [1.82, 2.24) is 5.32 Å². The molecule has 1 aromatic rings. The molecular formula is C14H17F2NO. The lowest BCUT2D eigenvalue weighted by Gasteiger charge is -2.38. The van der Waals surface area contributed by atoms with E-state index in [1.54, 1.807) is 0 Å². The third-order valence-electron chi connectivity index (χ3n) is 4.11. The monoisotopic (exact) mass is 253 g/mol. The summed E-state index contributed by atoms with van der Waals surface area (Å²) in [6.45, 7) is 1.03. The first-order chi connectivity index (χ1) is 8.70. The first kappa shape index (κ1) is 12.1. The van der Waals surface area contributed by atoms with Gasteiger partial charge in [0.15, 0.2) is 0 Å². The minimum Gasteiger partial charge on any atom is -0.370 e. The van der Waals surface area contributed by atoms with Crippen LogP contribution in [0.4, 0.5) is 8.78 Å². The van der Waals surface area contributed by atoms with Gasteiger partial charge in [0, 0.05) is 12.1 Å². The summed E-state index contributed by atoms with van der Waals surface area (Å²) in [4.78, 5) is 0. The van der Waals surface area contributed by atoms with Gasteiger partial charge in [0.25, 0.3) is 0 Å². The van der Waals surface area contributed by atoms with Gasteiger partial charge < -0.3 is 10.1 Å². The molecule has 0 radical (unpaired) electrons. The first-order valence-corrected chi connectivity index (χ1v) is 6.51. The topological polar surface area (TPSA) is 21.3 Å². The van der Waals surface area contributed by atoms with E-state index in [-0.39, 0.29) is 11.1 Å². The molecule has 1 aromatic carbocycles. The zero-order chi connectivity index (χ0) is 12.6. The Morgan fingerprint density at radius 2 is 1.83 bits per heavy atom. The maximum Gasteiger partial charge on any atom is 0.132 e. The second-order valence-corrected chi connectivity index (χ2v) is 5.30. The van der Waals surface area contributed by atoms with Gasteiger partial charge in [-0.1, -0.05) is 18.9 Å². The average Bonchev–Trinajstić information content (AvgIpc) is 2.80. The Kier molecular flexibility index (Phi) is 3.08. The van der Waals surface area contributed by atoms with Crippen LogP contribution in [0.2, 0.25) is 0 Å². The van der Waals surface area contributed by atoms with Crippen LogP contribution >= 0.6 is 0 Å². The van der Waals surface area contributed by atoms with E-state index in [9.17, 15) is 8.78 Å². The minimum absolute atomic E-state index is 0.0536. The molecule has 1 aliphatic heterocycles. The predicted molar refractivity (Wildman–Crippen MR) is 64.3 cm³/mol. The predicted octanol–water partition coefficient (Wildman–Crippen LogP) is 2.94. The summed E-state index contributed by atoms with van der Waals surface area (Å²) in [6, 6.07) is 3.94. The van der Waals surface area contributed by atoms with Crippen molar-refractivity contribution < 1.29 is 13.5 Å². The lowest BCUT2D eigenvalue weighted by atomic mass is 9.95. The van der Waals surface area contributed by atoms with E-state index in [1.165, 1.54) is 31.0 Å². The van der Waals surface area contributed by atoms with Crippen molar-refractivity contribution >= 4 is 0 Å². The van der Waals surface area contributed by atoms with Crippen molar-refractivity contribution in [3.63, 3.8) is 0 Å². The molecule has 1 saturated carbocycles. The van der Waals surface area contributed by atoms with Gasteiger partial charge >= 0.3 is 0 Å². The van der Waals surface area contributed by atoms with Gasteiger partial charge in [0.05, 0.1) is 12.2 Å². The van der Waals surface area contributed by atoms with E-state index in [1.807, 2.05) is 0 Å². The molecule has 1 aliphatic carbocycles. The third-order valence-corrected chi connectivity index (χ3v) is 4.11. The third kappa shape index (κ3) is 2.04. The number of hydrogen-bond acceptors (Lipinski definition) is 2. The molecule has 98 valence electrons. The second-order valence-electron chi connectivity index (χ2n) is 5.30. The Hall–Kier alpha value is -1.00. The van der Waals surface area contributed by atoms with E-state index in [0.29, 0.717) is 13.2 Å². The number of halogens is 2. The van der Waals surface area contributed by atoms with Crippen molar-refractivity contribution in [2.45, 2.75) is 37.3 Å². The molecule has 2 nitrogen and oxygen atoms in total. The molecule has 1 unspecified atom stereocenters. The Balaban J connectivity index is 1.76. The minimum atomic E-state index is -0.524. The summed E-state index contributed by atoms with van der Waals surface area (Å²) in [5.74, 6) is -1.05. The quantitative estimate of drug-likeness (QED) is 0.831. The molecule has 0 aromatic heterocycles. The summed E-state index contributed by atoms with van der Waals surface area (Å²) in [5.41, 5.74) is 0.107. The molecule has 2 aliphatic rings. The zero-order valence-electron chi connectivity index (χ0n) is 10.2. The van der Waals surface area contributed by atoms with Crippen LogP contribution in [0.15, 0.2) is 18.2 Å². The SMILES string of the molecule is Fc1cccc(F)c1C1CNC2(CCCC2)CO1. The Morgan fingerprint density at radius 3 is 2.39 bits per heavy atom. The summed E-state index contributed by atoms with van der Waals surface area (Å²) in [6.07, 6.45) is 4.08. The van der Waals surface area contributed by atoms with E-state index in [2.05, 4.69) is 5.32 Å². The molecule has 3 rings (SSSR count). The van der Waals surface area contributed by atoms with Gasteiger partial charge in [0.1, 0.15) is 17.7 Å². The van der Waals surface area contributed by atoms with Gasteiger partial charge in [-0.2, -0.15) is 0 Å². The smallest absolute Gasteiger partial charge is 0.132 e. The lowest BCUT2D eigenvalue weighted by molar-refractivity contribution is -0.0356. The zero-order valence-corrected chi connectivity index (χ0v) is 10.2. The van der Waals surface area contributed by atoms with E-state index >= 15 is 0 Å². The highest BCUT2D eigenvalue weighted by Gasteiger charge is 2.39. The van der Waals surface area contributed by atoms with Crippen LogP contribution < -0.4 is 5.32 Å². The fourth-order valence-electron chi connectivity index (χ4n) is 3.06. The number of rotatable bonds is 1. The normalized spacial score (nSPS) is 26.7. The highest BCUT2D eigenvalue weighted by molar-refractivity contribution is 5.23. The van der Waals surface area contributed by atoms with Crippen molar-refractivity contribution in [1.29, 1.82) is 0 Å². The Morgan fingerprint density at radius 1 is 1.17 bits per heavy atom. The van der Waals surface area contributed by atoms with E-state index in [0.717, 1.165) is 12.8 Å². The van der Waals surface area contributed by atoms with Crippen LogP contribution in [-0.2, 0) is 4.74 Å². The van der Waals surface area contributed by atoms with Gasteiger partial charge in [-0.05, 0) is 25.0 Å². The molecule has 1 atom stereocenters. The Labute approximate surface area is 105 Å². The molecule has 4 heteroatoms. The molecule has 1 N–H and O–H groups in total. The number of benzene rings is 1. The fraction of sp³-hybridized carbons (Fsp3) is 0.571. The van der Waals surface area contributed by atoms with Gasteiger partial charge in [0.2, 0.25) is 0 Å². The van der Waals surface area contributed by atoms with Crippen LogP contribution in [-0.4, -0.2) is 18.7 Å². The van der Waals surface area contributed by atoms with E-state index < -0.39 is 17.7 Å². The summed E-state index contributed by atoms with van der Waals surface area (Å²) < 4.78 is 33.0. The van der Waals surface area contributed by atoms with Gasteiger partial charge in [-0.25, -0.2) is 8.78 Å². The molecule has 1 spiro atoms. The van der Waals surface area contributed by atoms with Crippen LogP contribution in [0.5, 0.6) is 0 Å². The maximum absolute atomic E-state index is 13.7. The molecule has 2 fully saturated rings. The largest absolute Gasteiger partial charge is 0.370 e. The lowest BCUT2D eigenvalue weighted by Crippen LogP contribution is -2.53. The van der Waals surface area contributed by atoms with Crippen LogP contribution in [0.3, 0.4) is 0 Å². The van der Waals surface area contributed by atoms with Crippen LogP contribution in [0, 0.1) is 11.6 Å². The molecule has 0 bridgehead atoms. The summed E-state index contributed by atoms with van der Waals surface area (Å²) >= 11 is 0. The molecule has 1 saturated heterocycles. The van der Waals surface area contributed by atoms with Crippen molar-refractivity contribution in [2.24, 2.45) is 0 Å².